The molecule has 0 spiro atoms. The molecule has 0 aliphatic heterocycles. The van der Waals surface area contributed by atoms with Crippen LogP contribution in [0.15, 0.2) is 30.5 Å². The van der Waals surface area contributed by atoms with Gasteiger partial charge in [-0.1, -0.05) is 23.2 Å². The second kappa shape index (κ2) is 5.00. The molecule has 0 saturated carbocycles. The maximum absolute atomic E-state index is 12.9. The lowest BCUT2D eigenvalue weighted by Crippen LogP contribution is -1.94. The fourth-order valence-corrected chi connectivity index (χ4v) is 2.09. The minimum Gasteiger partial charge on any atom is -0.392 e. The number of nitrogens with zero attached hydrogens (tertiary/aromatic N) is 1. The van der Waals surface area contributed by atoms with Gasteiger partial charge in [-0.05, 0) is 35.4 Å². The average Bonchev–Trinajstić information content (AvgIpc) is 2.27. The van der Waals surface area contributed by atoms with Crippen LogP contribution in [0.4, 0.5) is 4.39 Å². The zero-order chi connectivity index (χ0) is 12.4. The Morgan fingerprint density at radius 1 is 1.12 bits per heavy atom. The molecule has 1 heterocycles. The van der Waals surface area contributed by atoms with Crippen LogP contribution < -0.4 is 0 Å². The summed E-state index contributed by atoms with van der Waals surface area (Å²) in [6.07, 6.45) is 1.35. The van der Waals surface area contributed by atoms with Gasteiger partial charge in [-0.2, -0.15) is 4.39 Å². The molecule has 88 valence electrons. The molecule has 2 rings (SSSR count). The standard InChI is InChI=1S/C12H8Cl2FNO/c13-9-1-7(2-10(14)4-9)11-5-16-12(15)3-8(11)6-17/h1-5,17H,6H2. The van der Waals surface area contributed by atoms with Crippen LogP contribution in [0.3, 0.4) is 0 Å². The monoisotopic (exact) mass is 271 g/mol. The lowest BCUT2D eigenvalue weighted by atomic mass is 10.0. The van der Waals surface area contributed by atoms with Gasteiger partial charge in [0, 0.05) is 21.8 Å². The summed E-state index contributed by atoms with van der Waals surface area (Å²) in [5.41, 5.74) is 1.74. The molecular weight excluding hydrogens is 264 g/mol. The van der Waals surface area contributed by atoms with E-state index in [4.69, 9.17) is 23.2 Å². The Morgan fingerprint density at radius 2 is 1.76 bits per heavy atom. The highest BCUT2D eigenvalue weighted by atomic mass is 35.5. The maximum Gasteiger partial charge on any atom is 0.213 e. The SMILES string of the molecule is OCc1cc(F)ncc1-c1cc(Cl)cc(Cl)c1. The van der Waals surface area contributed by atoms with E-state index in [-0.39, 0.29) is 6.61 Å². The van der Waals surface area contributed by atoms with Crippen molar-refractivity contribution >= 4 is 23.2 Å². The first-order chi connectivity index (χ1) is 8.10. The van der Waals surface area contributed by atoms with Gasteiger partial charge < -0.3 is 5.11 Å². The van der Waals surface area contributed by atoms with Crippen LogP contribution in [0, 0.1) is 5.95 Å². The van der Waals surface area contributed by atoms with E-state index >= 15 is 0 Å². The average molecular weight is 272 g/mol. The first-order valence-corrected chi connectivity index (χ1v) is 5.57. The minimum atomic E-state index is -0.633. The summed E-state index contributed by atoms with van der Waals surface area (Å²) in [6.45, 7) is -0.279. The molecule has 1 N–H and O–H groups in total. The fraction of sp³-hybridized carbons (Fsp3) is 0.0833. The number of rotatable bonds is 2. The molecule has 0 aliphatic rings. The minimum absolute atomic E-state index is 0.279. The molecule has 0 saturated heterocycles. The van der Waals surface area contributed by atoms with E-state index < -0.39 is 5.95 Å². The van der Waals surface area contributed by atoms with Crippen molar-refractivity contribution in [3.8, 4) is 11.1 Å². The molecule has 5 heteroatoms. The van der Waals surface area contributed by atoms with Crippen LogP contribution in [0.2, 0.25) is 10.0 Å². The van der Waals surface area contributed by atoms with Gasteiger partial charge in [0.1, 0.15) is 0 Å². The predicted octanol–water partition coefficient (Wildman–Crippen LogP) is 3.69. The zero-order valence-electron chi connectivity index (χ0n) is 8.62. The van der Waals surface area contributed by atoms with Gasteiger partial charge >= 0.3 is 0 Å². The maximum atomic E-state index is 12.9. The van der Waals surface area contributed by atoms with Crippen LogP contribution in [-0.4, -0.2) is 10.1 Å². The van der Waals surface area contributed by atoms with Crippen LogP contribution in [0.25, 0.3) is 11.1 Å². The van der Waals surface area contributed by atoms with E-state index in [1.807, 2.05) is 0 Å². The molecule has 1 aromatic carbocycles. The van der Waals surface area contributed by atoms with E-state index in [0.29, 0.717) is 26.7 Å². The predicted molar refractivity (Wildman–Crippen MR) is 65.6 cm³/mol. The number of aliphatic hydroxyl groups excluding tert-OH is 1. The van der Waals surface area contributed by atoms with Gasteiger partial charge in [0.15, 0.2) is 0 Å². The van der Waals surface area contributed by atoms with Crippen molar-refractivity contribution in [1.29, 1.82) is 0 Å². The molecule has 0 aliphatic carbocycles. The Hall–Kier alpha value is -1.16. The van der Waals surface area contributed by atoms with Crippen LogP contribution in [0.5, 0.6) is 0 Å². The Bertz CT molecular complexity index is 540. The summed E-state index contributed by atoms with van der Waals surface area (Å²) in [4.78, 5) is 3.56. The number of pyridine rings is 1. The van der Waals surface area contributed by atoms with Crippen LogP contribution in [0.1, 0.15) is 5.56 Å². The third-order valence-electron chi connectivity index (χ3n) is 2.30. The van der Waals surface area contributed by atoms with Crippen molar-refractivity contribution in [1.82, 2.24) is 4.98 Å². The Labute approximate surface area is 108 Å². The summed E-state index contributed by atoms with van der Waals surface area (Å²) in [7, 11) is 0. The highest BCUT2D eigenvalue weighted by Crippen LogP contribution is 2.29. The quantitative estimate of drug-likeness (QED) is 0.846. The summed E-state index contributed by atoms with van der Waals surface area (Å²) in [6, 6.07) is 6.15. The Morgan fingerprint density at radius 3 is 2.35 bits per heavy atom. The molecule has 2 nitrogen and oxygen atoms in total. The number of hydrogen-bond donors (Lipinski definition) is 1. The van der Waals surface area contributed by atoms with E-state index in [1.54, 1.807) is 18.2 Å². The fourth-order valence-electron chi connectivity index (χ4n) is 1.57. The highest BCUT2D eigenvalue weighted by Gasteiger charge is 2.08. The molecule has 0 fully saturated rings. The molecule has 0 atom stereocenters. The molecule has 0 radical (unpaired) electrons. The van der Waals surface area contributed by atoms with E-state index in [0.717, 1.165) is 0 Å². The summed E-state index contributed by atoms with van der Waals surface area (Å²) in [5, 5.41) is 10.1. The number of halogens is 3. The van der Waals surface area contributed by atoms with Gasteiger partial charge in [0.05, 0.1) is 6.61 Å². The second-order valence-corrected chi connectivity index (χ2v) is 4.35. The summed E-state index contributed by atoms with van der Waals surface area (Å²) in [5.74, 6) is -0.633. The third-order valence-corrected chi connectivity index (χ3v) is 2.74. The van der Waals surface area contributed by atoms with Crippen molar-refractivity contribution < 1.29 is 9.50 Å². The molecule has 2 aromatic rings. The first-order valence-electron chi connectivity index (χ1n) is 4.82. The molecule has 0 amide bonds. The van der Waals surface area contributed by atoms with Gasteiger partial charge in [-0.3, -0.25) is 0 Å². The first kappa shape index (κ1) is 12.3. The molecule has 1 aromatic heterocycles. The third kappa shape index (κ3) is 2.75. The number of aliphatic hydroxyl groups is 1. The largest absolute Gasteiger partial charge is 0.392 e. The van der Waals surface area contributed by atoms with Crippen molar-refractivity contribution in [3.63, 3.8) is 0 Å². The summed E-state index contributed by atoms with van der Waals surface area (Å²) >= 11 is 11.8. The normalized spacial score (nSPS) is 10.6. The molecule has 17 heavy (non-hydrogen) atoms. The number of hydrogen-bond acceptors (Lipinski definition) is 2. The number of benzene rings is 1. The van der Waals surface area contributed by atoms with E-state index in [2.05, 4.69) is 4.98 Å². The van der Waals surface area contributed by atoms with E-state index in [1.165, 1.54) is 12.3 Å². The van der Waals surface area contributed by atoms with Crippen LogP contribution in [-0.2, 0) is 6.61 Å². The molecule has 0 bridgehead atoms. The van der Waals surface area contributed by atoms with Crippen molar-refractivity contribution in [2.24, 2.45) is 0 Å². The Kier molecular flexibility index (Phi) is 3.62. The summed E-state index contributed by atoms with van der Waals surface area (Å²) < 4.78 is 12.9. The van der Waals surface area contributed by atoms with Crippen LogP contribution >= 0.6 is 23.2 Å². The lowest BCUT2D eigenvalue weighted by molar-refractivity contribution is 0.281. The van der Waals surface area contributed by atoms with Gasteiger partial charge in [0.25, 0.3) is 0 Å². The van der Waals surface area contributed by atoms with Gasteiger partial charge in [-0.15, -0.1) is 0 Å². The highest BCUT2D eigenvalue weighted by molar-refractivity contribution is 6.35. The second-order valence-electron chi connectivity index (χ2n) is 3.48. The van der Waals surface area contributed by atoms with Crippen molar-refractivity contribution in [2.75, 3.05) is 0 Å². The van der Waals surface area contributed by atoms with Gasteiger partial charge in [0.2, 0.25) is 5.95 Å². The number of aromatic nitrogens is 1. The van der Waals surface area contributed by atoms with Gasteiger partial charge in [-0.25, -0.2) is 4.98 Å². The van der Waals surface area contributed by atoms with Crippen molar-refractivity contribution in [3.05, 3.63) is 52.0 Å². The molecular formula is C12H8Cl2FNO. The lowest BCUT2D eigenvalue weighted by Gasteiger charge is -2.08. The smallest absolute Gasteiger partial charge is 0.213 e. The zero-order valence-corrected chi connectivity index (χ0v) is 10.1. The van der Waals surface area contributed by atoms with E-state index in [9.17, 15) is 9.50 Å². The van der Waals surface area contributed by atoms with Crippen molar-refractivity contribution in [2.45, 2.75) is 6.61 Å². The topological polar surface area (TPSA) is 33.1 Å². The Balaban J connectivity index is 2.59. The molecule has 0 unspecified atom stereocenters.